The van der Waals surface area contributed by atoms with Gasteiger partial charge in [0.15, 0.2) is 0 Å². The maximum Gasteiger partial charge on any atom is 0.332 e. The third-order valence-corrected chi connectivity index (χ3v) is 35.2. The second kappa shape index (κ2) is 22.8. The van der Waals surface area contributed by atoms with Crippen molar-refractivity contribution in [3.8, 4) is 0 Å². The lowest BCUT2D eigenvalue weighted by Crippen LogP contribution is -2.52. The molecule has 32 atom stereocenters. The Labute approximate surface area is 555 Å². The summed E-state index contributed by atoms with van der Waals surface area (Å²) in [5.74, 6) is -3.15. The molecule has 544 valence electrons. The molecule has 0 aromatic heterocycles. The van der Waals surface area contributed by atoms with Crippen LogP contribution in [0, 0.1) is 47.3 Å². The molecule has 0 aromatic carbocycles. The molecule has 0 spiro atoms. The van der Waals surface area contributed by atoms with Crippen molar-refractivity contribution in [3.63, 3.8) is 0 Å². The Kier molecular flexibility index (Phi) is 16.9. The second-order valence-electron chi connectivity index (χ2n) is 28.9. The van der Waals surface area contributed by atoms with Crippen LogP contribution in [-0.4, -0.2) is 264 Å². The highest BCUT2D eigenvalue weighted by Gasteiger charge is 2.82. The summed E-state index contributed by atoms with van der Waals surface area (Å²) in [7, 11) is -19.4. The Bertz CT molecular complexity index is 3970. The van der Waals surface area contributed by atoms with E-state index in [0.717, 1.165) is 0 Å². The molecule has 18 heterocycles. The largest absolute Gasteiger partial charge is 0.469 e. The maximum absolute atomic E-state index is 12.2. The van der Waals surface area contributed by atoms with Crippen LogP contribution in [0.3, 0.4) is 0 Å². The molecular weight excluding hydrogens is 1410 g/mol. The molecule has 0 amide bonds. The number of carbonyl (C=O) groups excluding carboxylic acids is 4. The van der Waals surface area contributed by atoms with Gasteiger partial charge in [0.05, 0.1) is 57.5 Å². The van der Waals surface area contributed by atoms with Gasteiger partial charge in [0.25, 0.3) is 60.7 Å². The first kappa shape index (κ1) is 71.4. The Morgan fingerprint density at radius 3 is 1.45 bits per heavy atom. The highest BCUT2D eigenvalue weighted by Crippen LogP contribution is 2.64. The van der Waals surface area contributed by atoms with Crippen molar-refractivity contribution in [2.75, 3.05) is 40.6 Å². The van der Waals surface area contributed by atoms with E-state index in [2.05, 4.69) is 9.47 Å². The van der Waals surface area contributed by atoms with Gasteiger partial charge >= 0.3 is 23.9 Å². The molecule has 0 aromatic rings. The quantitative estimate of drug-likeness (QED) is 0.144. The van der Waals surface area contributed by atoms with E-state index in [1.54, 1.807) is 20.8 Å². The average Bonchev–Trinajstić information content (AvgIpc) is 1.52. The summed E-state index contributed by atoms with van der Waals surface area (Å²) in [5, 5.41) is 15.8. The van der Waals surface area contributed by atoms with Gasteiger partial charge in [-0.15, -0.1) is 0 Å². The SMILES string of the molecule is CC(=O)OCC12CC3C(COC(C)=O)(O1)C(OS3(=O)=O)C2C.CC1C2CC3(C)C(O2)C1OS3(=O)=O.CC1C2OC3C1OS(=O)(=O)C3C2C.CC1C2OS(=O)(=O)C3CC1(CO)OC23CO.COC(=O)C12CC3OC1C(OS2(=O)=O)C3C.COC(=O)C1C2OC3C(OS(=O)(=O)C31)C2C. The van der Waals surface area contributed by atoms with Crippen molar-refractivity contribution < 1.29 is 152 Å². The third kappa shape index (κ3) is 9.61. The van der Waals surface area contributed by atoms with Crippen LogP contribution in [0.1, 0.15) is 94.9 Å². The predicted octanol–water partition coefficient (Wildman–Crippen LogP) is -2.49. The fourth-order valence-corrected chi connectivity index (χ4v) is 30.3. The van der Waals surface area contributed by atoms with Crippen LogP contribution >= 0.6 is 0 Å². The summed E-state index contributed by atoms with van der Waals surface area (Å²) in [6, 6.07) is 0. The monoisotopic (exact) mass is 1490 g/mol. The van der Waals surface area contributed by atoms with E-state index in [0.29, 0.717) is 6.42 Å². The van der Waals surface area contributed by atoms with Gasteiger partial charge in [-0.25, -0.2) is 0 Å². The van der Waals surface area contributed by atoms with Gasteiger partial charge < -0.3 is 57.6 Å². The Morgan fingerprint density at radius 1 is 0.448 bits per heavy atom. The molecule has 96 heavy (non-hydrogen) atoms. The lowest BCUT2D eigenvalue weighted by atomic mass is 9.73. The molecule has 40 heteroatoms. The fraction of sp³-hybridized carbons (Fsp3) is 0.929. The molecule has 12 bridgehead atoms. The van der Waals surface area contributed by atoms with Crippen molar-refractivity contribution in [1.29, 1.82) is 0 Å². The molecule has 18 rings (SSSR count). The highest BCUT2D eigenvalue weighted by molar-refractivity contribution is 7.90. The number of methoxy groups -OCH3 is 2. The summed E-state index contributed by atoms with van der Waals surface area (Å²) in [6.07, 6.45) is -3.83. The number of rotatable bonds is 8. The van der Waals surface area contributed by atoms with Gasteiger partial charge in [0.2, 0.25) is 4.75 Å². The van der Waals surface area contributed by atoms with Gasteiger partial charge in [-0.1, -0.05) is 48.5 Å². The Morgan fingerprint density at radius 2 is 0.927 bits per heavy atom. The fourth-order valence-electron chi connectivity index (χ4n) is 19.0. The maximum atomic E-state index is 12.2. The summed E-state index contributed by atoms with van der Waals surface area (Å²) < 4.78 is 223. The summed E-state index contributed by atoms with van der Waals surface area (Å²) in [4.78, 5) is 45.5. The topological polar surface area (TPSA) is 461 Å². The van der Waals surface area contributed by atoms with Crippen LogP contribution in [-0.2, 0) is 152 Å². The standard InChI is InChI=1S/C13H18O8S.C9H14O6S.2C9H12O6S.2C8H12O4S/c1-7-11-13(6-19-9(3)15)10(22(16,17)20-11)4-12(7,21-13)5-18-8(2)14;1-5-7-9(4-11)6(16(12,13)14-7)2-8(5,3-10)15-9;1-4-5-3-9(8(10)13-2)7(14-5)6(4)15-16(9,11)12;1-3-5-4(9(10)13-2)8-7(14-5)6(3)15-16(8,11)12;1-4-5-3-8(2)7(11-5)6(4)12-13(8,9)10;1-3-5-4(2)8-7(11-5)6(3)12-13(8,9)10/h7,10-11H,4-6H2,1-3H3;5-7,10-11H,2-4H2,1H3;4-7H,3H2,1-2H3;3-8H,1-2H3;4-7H,3H2,1-2H3;3-8H,1-2H3. The van der Waals surface area contributed by atoms with Gasteiger partial charge in [0.1, 0.15) is 123 Å². The minimum absolute atomic E-state index is 0.0000520. The average molecular weight is 1490 g/mol. The molecular formula is C56H80O34S6. The van der Waals surface area contributed by atoms with E-state index >= 15 is 0 Å². The summed E-state index contributed by atoms with van der Waals surface area (Å²) in [5.41, 5.74) is -4.18. The molecule has 18 saturated heterocycles. The molecule has 18 fully saturated rings. The van der Waals surface area contributed by atoms with Gasteiger partial charge in [0, 0.05) is 74.5 Å². The van der Waals surface area contributed by atoms with Crippen LogP contribution in [0.2, 0.25) is 0 Å². The first-order chi connectivity index (χ1) is 44.4. The number of aliphatic hydroxyl groups excluding tert-OH is 2. The molecule has 0 radical (unpaired) electrons. The lowest BCUT2D eigenvalue weighted by molar-refractivity contribution is -0.162. The normalized spacial score (nSPS) is 53.6. The van der Waals surface area contributed by atoms with Crippen molar-refractivity contribution in [2.45, 2.75) is 233 Å². The van der Waals surface area contributed by atoms with Gasteiger partial charge in [-0.2, -0.15) is 50.5 Å². The molecule has 0 aliphatic carbocycles. The first-order valence-corrected chi connectivity index (χ1v) is 40.3. The molecule has 18 aliphatic rings. The van der Waals surface area contributed by atoms with Crippen LogP contribution in [0.15, 0.2) is 0 Å². The van der Waals surface area contributed by atoms with Crippen molar-refractivity contribution >= 4 is 84.6 Å². The van der Waals surface area contributed by atoms with Crippen molar-refractivity contribution in [1.82, 2.24) is 0 Å². The molecule has 34 nitrogen and oxygen atoms in total. The summed E-state index contributed by atoms with van der Waals surface area (Å²) in [6.45, 7) is 16.6. The molecule has 32 unspecified atom stereocenters. The van der Waals surface area contributed by atoms with E-state index < -0.39 is 193 Å². The van der Waals surface area contributed by atoms with Crippen LogP contribution in [0.5, 0.6) is 0 Å². The number of hydrogen-bond acceptors (Lipinski definition) is 34. The minimum Gasteiger partial charge on any atom is -0.469 e. The van der Waals surface area contributed by atoms with Gasteiger partial charge in [-0.05, 0) is 13.3 Å². The van der Waals surface area contributed by atoms with E-state index in [1.165, 1.54) is 28.1 Å². The van der Waals surface area contributed by atoms with E-state index in [9.17, 15) is 79.9 Å². The second-order valence-corrected chi connectivity index (χ2v) is 39.7. The minimum atomic E-state index is -3.94. The lowest BCUT2D eigenvalue weighted by Gasteiger charge is -2.31. The molecule has 0 saturated carbocycles. The smallest absolute Gasteiger partial charge is 0.332 e. The Hall–Kier alpha value is -2.98. The first-order valence-electron chi connectivity index (χ1n) is 31.6. The predicted molar refractivity (Wildman–Crippen MR) is 314 cm³/mol. The highest BCUT2D eigenvalue weighted by atomic mass is 32.2. The van der Waals surface area contributed by atoms with Crippen molar-refractivity contribution in [2.24, 2.45) is 47.3 Å². The van der Waals surface area contributed by atoms with Crippen LogP contribution < -0.4 is 0 Å². The van der Waals surface area contributed by atoms with Crippen LogP contribution in [0.25, 0.3) is 0 Å². The van der Waals surface area contributed by atoms with E-state index in [1.807, 2.05) is 34.6 Å². The zero-order chi connectivity index (χ0) is 70.3. The zero-order valence-corrected chi connectivity index (χ0v) is 59.0. The van der Waals surface area contributed by atoms with Crippen LogP contribution in [0.4, 0.5) is 0 Å². The third-order valence-electron chi connectivity index (χ3n) is 24.2. The number of carbonyl (C=O) groups is 4. The Balaban J connectivity index is 0.000000105. The number of hydrogen-bond donors (Lipinski definition) is 2. The van der Waals surface area contributed by atoms with E-state index in [-0.39, 0.29) is 123 Å². The summed E-state index contributed by atoms with van der Waals surface area (Å²) >= 11 is 0. The molecule has 18 aliphatic heterocycles. The van der Waals surface area contributed by atoms with Crippen molar-refractivity contribution in [3.05, 3.63) is 0 Å². The number of ether oxygens (including phenoxy) is 10. The number of fused-ring (bicyclic) bond motifs is 6. The molecule has 2 N–H and O–H groups in total. The van der Waals surface area contributed by atoms with Gasteiger partial charge in [-0.3, -0.25) is 44.3 Å². The number of aliphatic hydroxyl groups is 2. The van der Waals surface area contributed by atoms with E-state index in [4.69, 9.17) is 63.0 Å². The zero-order valence-electron chi connectivity index (χ0n) is 54.1. The number of esters is 4.